The molecule has 0 unspecified atom stereocenters. The van der Waals surface area contributed by atoms with E-state index >= 15 is 0 Å². The number of carbonyl (C=O) groups is 1. The van der Waals surface area contributed by atoms with Gasteiger partial charge in [0.25, 0.3) is 0 Å². The third-order valence-electron chi connectivity index (χ3n) is 6.07. The largest absolute Gasteiger partial charge is 0.494 e. The number of hydrogen-bond acceptors (Lipinski definition) is 6. The van der Waals surface area contributed by atoms with Crippen LogP contribution in [0.5, 0.6) is 17.2 Å². The van der Waals surface area contributed by atoms with E-state index in [1.807, 2.05) is 60.8 Å². The van der Waals surface area contributed by atoms with Crippen LogP contribution in [0.1, 0.15) is 18.9 Å². The van der Waals surface area contributed by atoms with Crippen LogP contribution in [0.15, 0.2) is 114 Å². The predicted octanol–water partition coefficient (Wildman–Crippen LogP) is 7.57. The number of hydrogen-bond donors (Lipinski definition) is 1. The molecule has 0 atom stereocenters. The molecule has 0 radical (unpaired) electrons. The van der Waals surface area contributed by atoms with Gasteiger partial charge in [0.05, 0.1) is 18.5 Å². The molecule has 0 spiro atoms. The van der Waals surface area contributed by atoms with Crippen LogP contribution >= 0.6 is 23.2 Å². The maximum atomic E-state index is 13.2. The maximum absolute atomic E-state index is 13.2. The molecule has 0 bridgehead atoms. The van der Waals surface area contributed by atoms with Gasteiger partial charge < -0.3 is 14.2 Å². The summed E-state index contributed by atoms with van der Waals surface area (Å²) in [5.74, 6) is 0.930. The van der Waals surface area contributed by atoms with Crippen LogP contribution in [0.4, 0.5) is 0 Å². The van der Waals surface area contributed by atoms with E-state index in [0.29, 0.717) is 39.4 Å². The highest BCUT2D eigenvalue weighted by Gasteiger charge is 2.23. The van der Waals surface area contributed by atoms with Crippen LogP contribution in [0, 0.1) is 0 Å². The summed E-state index contributed by atoms with van der Waals surface area (Å²) in [4.78, 5) is 13.2. The van der Waals surface area contributed by atoms with Crippen molar-refractivity contribution in [3.05, 3.63) is 125 Å². The van der Waals surface area contributed by atoms with Gasteiger partial charge in [-0.3, -0.25) is 4.79 Å². The van der Waals surface area contributed by atoms with Gasteiger partial charge in [0, 0.05) is 27.4 Å². The second-order valence-corrected chi connectivity index (χ2v) is 10.2. The number of nitrogens with one attached hydrogen (secondary N) is 1. The van der Waals surface area contributed by atoms with Crippen LogP contribution in [-0.2, 0) is 4.79 Å². The third kappa shape index (κ3) is 8.16. The van der Waals surface area contributed by atoms with Crippen molar-refractivity contribution < 1.29 is 19.0 Å². The Bertz CT molecular complexity index is 1610. The lowest BCUT2D eigenvalue weighted by molar-refractivity contribution is -0.140. The van der Waals surface area contributed by atoms with Crippen molar-refractivity contribution in [3.63, 3.8) is 0 Å². The van der Waals surface area contributed by atoms with Crippen LogP contribution in [0.3, 0.4) is 0 Å². The van der Waals surface area contributed by atoms with E-state index < -0.39 is 12.2 Å². The zero-order chi connectivity index (χ0) is 30.0. The van der Waals surface area contributed by atoms with Crippen LogP contribution < -0.4 is 19.6 Å². The molecule has 0 saturated heterocycles. The first-order valence-electron chi connectivity index (χ1n) is 13.5. The Hall–Kier alpha value is -4.79. The number of hydrazone groups is 1. The van der Waals surface area contributed by atoms with Crippen LogP contribution in [0.2, 0.25) is 10.0 Å². The molecule has 10 heteroatoms. The second-order valence-electron chi connectivity index (χ2n) is 9.30. The molecule has 5 aromatic rings. The summed E-state index contributed by atoms with van der Waals surface area (Å²) in [6.07, 6.45) is 2.93. The normalized spacial score (nSPS) is 11.1. The molecule has 0 fully saturated rings. The van der Waals surface area contributed by atoms with Crippen LogP contribution in [-0.4, -0.2) is 34.8 Å². The Morgan fingerprint density at radius 3 is 2.02 bits per heavy atom. The Morgan fingerprint density at radius 2 is 1.44 bits per heavy atom. The highest BCUT2D eigenvalue weighted by atomic mass is 35.5. The molecule has 0 aliphatic rings. The Balaban J connectivity index is 1.38. The summed E-state index contributed by atoms with van der Waals surface area (Å²) < 4.78 is 19.2. The smallest absolute Gasteiger partial charge is 0.323 e. The van der Waals surface area contributed by atoms with Gasteiger partial charge in [-0.15, -0.1) is 0 Å². The summed E-state index contributed by atoms with van der Waals surface area (Å²) in [5.41, 5.74) is 5.62. The molecule has 0 aliphatic carbocycles. The summed E-state index contributed by atoms with van der Waals surface area (Å²) >= 11 is 12.0. The minimum absolute atomic E-state index is 0.389. The highest BCUT2D eigenvalue weighted by Crippen LogP contribution is 2.25. The lowest BCUT2D eigenvalue weighted by Gasteiger charge is -2.19. The molecule has 1 amide bonds. The fourth-order valence-electron chi connectivity index (χ4n) is 3.97. The topological polar surface area (TPSA) is 87.0 Å². The Kier molecular flexibility index (Phi) is 9.94. The molecular weight excluding hydrogens is 587 g/mol. The number of ether oxygens (including phenoxy) is 3. The van der Waals surface area contributed by atoms with E-state index in [1.165, 1.54) is 6.21 Å². The first-order chi connectivity index (χ1) is 21.0. The van der Waals surface area contributed by atoms with Crippen molar-refractivity contribution in [1.29, 1.82) is 0 Å². The minimum Gasteiger partial charge on any atom is -0.494 e. The molecule has 1 N–H and O–H groups in total. The van der Waals surface area contributed by atoms with E-state index in [1.54, 1.807) is 53.2 Å². The summed E-state index contributed by atoms with van der Waals surface area (Å²) in [5, 5.41) is 10.1. The number of para-hydroxylation sites is 1. The quantitative estimate of drug-likeness (QED) is 0.0889. The van der Waals surface area contributed by atoms with E-state index in [-0.39, 0.29) is 0 Å². The van der Waals surface area contributed by atoms with E-state index in [2.05, 4.69) is 17.5 Å². The van der Waals surface area contributed by atoms with Gasteiger partial charge in [-0.1, -0.05) is 48.3 Å². The van der Waals surface area contributed by atoms with Crippen molar-refractivity contribution in [1.82, 2.24) is 15.2 Å². The zero-order valence-electron chi connectivity index (χ0n) is 23.2. The third-order valence-corrected chi connectivity index (χ3v) is 6.57. The number of benzene rings is 4. The van der Waals surface area contributed by atoms with E-state index in [9.17, 15) is 4.79 Å². The predicted molar refractivity (Wildman–Crippen MR) is 168 cm³/mol. The van der Waals surface area contributed by atoms with Gasteiger partial charge in [0.15, 0.2) is 0 Å². The fourth-order valence-corrected chi connectivity index (χ4v) is 4.22. The number of aromatic nitrogens is 2. The average molecular weight is 616 g/mol. The molecule has 1 aromatic heterocycles. The molecular formula is C33H28Cl2N4O4. The second kappa shape index (κ2) is 14.4. The van der Waals surface area contributed by atoms with Crippen molar-refractivity contribution in [3.8, 4) is 34.2 Å². The van der Waals surface area contributed by atoms with Crippen LogP contribution in [0.25, 0.3) is 16.9 Å². The molecule has 5 rings (SSSR count). The van der Waals surface area contributed by atoms with Crippen molar-refractivity contribution in [2.75, 3.05) is 6.61 Å². The van der Waals surface area contributed by atoms with Gasteiger partial charge in [0.2, 0.25) is 0 Å². The van der Waals surface area contributed by atoms with Crippen molar-refractivity contribution >= 4 is 35.3 Å². The summed E-state index contributed by atoms with van der Waals surface area (Å²) in [6, 6.07) is 30.6. The standard InChI is InChI=1S/C33H28Cl2N4O4/c1-2-20-41-28-14-8-23(9-15-28)31-24(22-39(38-31)27-6-4-3-5-7-27)21-36-37-32(40)33(42-29-16-10-25(34)11-17-29)43-30-18-12-26(35)13-19-30/h3-19,21-22,33H,2,20H2,1H3,(H,37,40)/b36-21-. The maximum Gasteiger partial charge on any atom is 0.323 e. The fraction of sp³-hybridized carbons (Fsp3) is 0.121. The monoisotopic (exact) mass is 614 g/mol. The molecule has 0 saturated carbocycles. The molecule has 1 heterocycles. The number of nitrogens with zero attached hydrogens (tertiary/aromatic N) is 3. The summed E-state index contributed by atoms with van der Waals surface area (Å²) in [7, 11) is 0. The van der Waals surface area contributed by atoms with Gasteiger partial charge in [-0.2, -0.15) is 10.2 Å². The van der Waals surface area contributed by atoms with Gasteiger partial charge >= 0.3 is 12.2 Å². The first kappa shape index (κ1) is 29.7. The number of amides is 1. The molecule has 218 valence electrons. The van der Waals surface area contributed by atoms with E-state index in [4.69, 9.17) is 42.5 Å². The lowest BCUT2D eigenvalue weighted by atomic mass is 10.1. The minimum atomic E-state index is -1.36. The SMILES string of the molecule is CCCOc1ccc(-c2nn(-c3ccccc3)cc2/C=N\NC(=O)C(Oc2ccc(Cl)cc2)Oc2ccc(Cl)cc2)cc1. The average Bonchev–Trinajstić information content (AvgIpc) is 3.46. The molecule has 4 aromatic carbocycles. The first-order valence-corrected chi connectivity index (χ1v) is 14.3. The van der Waals surface area contributed by atoms with E-state index in [0.717, 1.165) is 23.4 Å². The zero-order valence-corrected chi connectivity index (χ0v) is 24.7. The number of carbonyl (C=O) groups excluding carboxylic acids is 1. The van der Waals surface area contributed by atoms with Gasteiger partial charge in [-0.25, -0.2) is 10.1 Å². The van der Waals surface area contributed by atoms with Gasteiger partial charge in [-0.05, 0) is 91.3 Å². The Morgan fingerprint density at radius 1 is 0.860 bits per heavy atom. The molecule has 43 heavy (non-hydrogen) atoms. The number of rotatable bonds is 12. The van der Waals surface area contributed by atoms with Crippen molar-refractivity contribution in [2.24, 2.45) is 5.10 Å². The Labute approximate surface area is 259 Å². The summed E-state index contributed by atoms with van der Waals surface area (Å²) in [6.45, 7) is 2.70. The lowest BCUT2D eigenvalue weighted by Crippen LogP contribution is -2.40. The van der Waals surface area contributed by atoms with Gasteiger partial charge in [0.1, 0.15) is 22.9 Å². The highest BCUT2D eigenvalue weighted by molar-refractivity contribution is 6.30. The van der Waals surface area contributed by atoms with Crippen molar-refractivity contribution in [2.45, 2.75) is 19.6 Å². The molecule has 8 nitrogen and oxygen atoms in total. The number of halogens is 2. The molecule has 0 aliphatic heterocycles.